The molecule has 0 amide bonds. The molecule has 0 aliphatic heterocycles. The number of hydrogen-bond donors (Lipinski definition) is 1. The van der Waals surface area contributed by atoms with E-state index in [2.05, 4.69) is 22.2 Å². The minimum Gasteiger partial charge on any atom is -0.480 e. The maximum Gasteiger partial charge on any atom is 0.236 e. The standard InChI is InChI=1S/C15H25N3O/c1-3-8-16-13(11-12-6-4-5-7-12)14-15(19-2)18-10-9-17-14/h9-10,12-13,16H,3-8,11H2,1-2H3. The predicted molar refractivity (Wildman–Crippen MR) is 76.2 cm³/mol. The van der Waals surface area contributed by atoms with Crippen LogP contribution in [-0.2, 0) is 0 Å². The maximum absolute atomic E-state index is 5.36. The van der Waals surface area contributed by atoms with Gasteiger partial charge in [0.2, 0.25) is 5.88 Å². The van der Waals surface area contributed by atoms with Gasteiger partial charge in [-0.1, -0.05) is 32.6 Å². The second-order valence-corrected chi connectivity index (χ2v) is 5.34. The molecule has 0 radical (unpaired) electrons. The molecule has 0 saturated heterocycles. The van der Waals surface area contributed by atoms with Crippen molar-refractivity contribution in [3.05, 3.63) is 18.1 Å². The summed E-state index contributed by atoms with van der Waals surface area (Å²) in [5.74, 6) is 1.48. The van der Waals surface area contributed by atoms with Crippen LogP contribution in [-0.4, -0.2) is 23.6 Å². The van der Waals surface area contributed by atoms with Crippen molar-refractivity contribution in [2.24, 2.45) is 5.92 Å². The van der Waals surface area contributed by atoms with Gasteiger partial charge in [0.1, 0.15) is 5.69 Å². The van der Waals surface area contributed by atoms with Crippen molar-refractivity contribution < 1.29 is 4.74 Å². The smallest absolute Gasteiger partial charge is 0.236 e. The van der Waals surface area contributed by atoms with Gasteiger partial charge in [0.15, 0.2) is 0 Å². The number of ether oxygens (including phenoxy) is 1. The number of hydrogen-bond acceptors (Lipinski definition) is 4. The van der Waals surface area contributed by atoms with Crippen molar-refractivity contribution in [1.29, 1.82) is 0 Å². The van der Waals surface area contributed by atoms with E-state index in [4.69, 9.17) is 4.74 Å². The summed E-state index contributed by atoms with van der Waals surface area (Å²) in [6.45, 7) is 3.20. The Balaban J connectivity index is 2.10. The van der Waals surface area contributed by atoms with Crippen LogP contribution in [0, 0.1) is 5.92 Å². The van der Waals surface area contributed by atoms with E-state index in [-0.39, 0.29) is 6.04 Å². The molecule has 0 bridgehead atoms. The zero-order valence-corrected chi connectivity index (χ0v) is 12.1. The van der Waals surface area contributed by atoms with Crippen molar-refractivity contribution in [2.75, 3.05) is 13.7 Å². The Morgan fingerprint density at radius 1 is 1.32 bits per heavy atom. The predicted octanol–water partition coefficient (Wildman–Crippen LogP) is 3.11. The molecule has 0 spiro atoms. The lowest BCUT2D eigenvalue weighted by molar-refractivity contribution is 0.350. The van der Waals surface area contributed by atoms with Gasteiger partial charge in [-0.2, -0.15) is 0 Å². The van der Waals surface area contributed by atoms with Crippen LogP contribution in [0.4, 0.5) is 0 Å². The van der Waals surface area contributed by atoms with E-state index < -0.39 is 0 Å². The Hall–Kier alpha value is -1.16. The van der Waals surface area contributed by atoms with Crippen molar-refractivity contribution in [2.45, 2.75) is 51.5 Å². The molecule has 19 heavy (non-hydrogen) atoms. The van der Waals surface area contributed by atoms with E-state index in [1.807, 2.05) is 0 Å². The third-order valence-corrected chi connectivity index (χ3v) is 3.90. The fraction of sp³-hybridized carbons (Fsp3) is 0.733. The van der Waals surface area contributed by atoms with Gasteiger partial charge in [-0.3, -0.25) is 4.98 Å². The summed E-state index contributed by atoms with van der Waals surface area (Å²) in [5, 5.41) is 3.60. The van der Waals surface area contributed by atoms with Gasteiger partial charge in [0, 0.05) is 12.4 Å². The topological polar surface area (TPSA) is 47.0 Å². The van der Waals surface area contributed by atoms with Crippen LogP contribution < -0.4 is 10.1 Å². The lowest BCUT2D eigenvalue weighted by Crippen LogP contribution is -2.25. The number of rotatable bonds is 7. The molecule has 1 heterocycles. The van der Waals surface area contributed by atoms with Gasteiger partial charge in [-0.05, 0) is 25.3 Å². The zero-order chi connectivity index (χ0) is 13.5. The normalized spacial score (nSPS) is 17.6. The molecule has 4 nitrogen and oxygen atoms in total. The van der Waals surface area contributed by atoms with E-state index in [0.717, 1.165) is 31.0 Å². The van der Waals surface area contributed by atoms with Gasteiger partial charge in [0.25, 0.3) is 0 Å². The quantitative estimate of drug-likeness (QED) is 0.821. The molecule has 1 aliphatic rings. The maximum atomic E-state index is 5.36. The monoisotopic (exact) mass is 263 g/mol. The van der Waals surface area contributed by atoms with E-state index >= 15 is 0 Å². The van der Waals surface area contributed by atoms with E-state index in [0.29, 0.717) is 5.88 Å². The number of aromatic nitrogens is 2. The first-order chi connectivity index (χ1) is 9.35. The highest BCUT2D eigenvalue weighted by Crippen LogP contribution is 2.34. The van der Waals surface area contributed by atoms with Crippen molar-refractivity contribution >= 4 is 0 Å². The Kier molecular flexibility index (Phi) is 5.58. The molecular formula is C15H25N3O. The Morgan fingerprint density at radius 3 is 2.74 bits per heavy atom. The van der Waals surface area contributed by atoms with Gasteiger partial charge in [-0.25, -0.2) is 4.98 Å². The van der Waals surface area contributed by atoms with E-state index in [1.54, 1.807) is 19.5 Å². The molecule has 2 rings (SSSR count). The molecule has 4 heteroatoms. The Morgan fingerprint density at radius 2 is 2.05 bits per heavy atom. The number of nitrogens with zero attached hydrogens (tertiary/aromatic N) is 2. The third kappa shape index (κ3) is 3.90. The zero-order valence-electron chi connectivity index (χ0n) is 12.1. The van der Waals surface area contributed by atoms with Crippen LogP contribution in [0.1, 0.15) is 57.2 Å². The summed E-state index contributed by atoms with van der Waals surface area (Å²) in [7, 11) is 1.67. The molecule has 0 aromatic carbocycles. The van der Waals surface area contributed by atoms with Gasteiger partial charge < -0.3 is 10.1 Å². The fourth-order valence-corrected chi connectivity index (χ4v) is 2.92. The molecule has 1 fully saturated rings. The minimum absolute atomic E-state index is 0.270. The minimum atomic E-state index is 0.270. The Labute approximate surface area is 116 Å². The molecule has 1 unspecified atom stereocenters. The third-order valence-electron chi connectivity index (χ3n) is 3.90. The van der Waals surface area contributed by atoms with Crippen LogP contribution in [0.2, 0.25) is 0 Å². The SMILES string of the molecule is CCCNC(CC1CCCC1)c1nccnc1OC. The molecular weight excluding hydrogens is 238 g/mol. The first kappa shape index (κ1) is 14.3. The molecule has 1 saturated carbocycles. The summed E-state index contributed by atoms with van der Waals surface area (Å²) in [6.07, 6.45) is 11.2. The molecule has 1 atom stereocenters. The summed E-state index contributed by atoms with van der Waals surface area (Å²) >= 11 is 0. The van der Waals surface area contributed by atoms with Crippen LogP contribution in [0.3, 0.4) is 0 Å². The van der Waals surface area contributed by atoms with Crippen LogP contribution in [0.15, 0.2) is 12.4 Å². The fourth-order valence-electron chi connectivity index (χ4n) is 2.92. The highest BCUT2D eigenvalue weighted by Gasteiger charge is 2.24. The van der Waals surface area contributed by atoms with Crippen molar-refractivity contribution in [1.82, 2.24) is 15.3 Å². The van der Waals surface area contributed by atoms with Crippen LogP contribution >= 0.6 is 0 Å². The molecule has 1 aromatic rings. The second-order valence-electron chi connectivity index (χ2n) is 5.34. The van der Waals surface area contributed by atoms with Crippen LogP contribution in [0.25, 0.3) is 0 Å². The number of nitrogens with one attached hydrogen (secondary N) is 1. The van der Waals surface area contributed by atoms with Crippen molar-refractivity contribution in [3.8, 4) is 5.88 Å². The molecule has 1 aromatic heterocycles. The largest absolute Gasteiger partial charge is 0.480 e. The summed E-state index contributed by atoms with van der Waals surface area (Å²) in [4.78, 5) is 8.77. The van der Waals surface area contributed by atoms with E-state index in [9.17, 15) is 0 Å². The lowest BCUT2D eigenvalue weighted by Gasteiger charge is -2.22. The molecule has 106 valence electrons. The highest BCUT2D eigenvalue weighted by molar-refractivity contribution is 5.21. The second kappa shape index (κ2) is 7.43. The average molecular weight is 263 g/mol. The van der Waals surface area contributed by atoms with Crippen molar-refractivity contribution in [3.63, 3.8) is 0 Å². The van der Waals surface area contributed by atoms with Gasteiger partial charge in [-0.15, -0.1) is 0 Å². The number of methoxy groups -OCH3 is 1. The first-order valence-electron chi connectivity index (χ1n) is 7.43. The lowest BCUT2D eigenvalue weighted by atomic mass is 9.96. The summed E-state index contributed by atoms with van der Waals surface area (Å²) in [6, 6.07) is 0.270. The average Bonchev–Trinajstić information content (AvgIpc) is 2.96. The Bertz CT molecular complexity index is 377. The first-order valence-corrected chi connectivity index (χ1v) is 7.43. The molecule has 1 N–H and O–H groups in total. The van der Waals surface area contributed by atoms with E-state index in [1.165, 1.54) is 25.7 Å². The van der Waals surface area contributed by atoms with Gasteiger partial charge in [0.05, 0.1) is 13.2 Å². The molecule has 1 aliphatic carbocycles. The highest BCUT2D eigenvalue weighted by atomic mass is 16.5. The summed E-state index contributed by atoms with van der Waals surface area (Å²) < 4.78 is 5.36. The summed E-state index contributed by atoms with van der Waals surface area (Å²) in [5.41, 5.74) is 0.963. The van der Waals surface area contributed by atoms with Gasteiger partial charge >= 0.3 is 0 Å². The van der Waals surface area contributed by atoms with Crippen LogP contribution in [0.5, 0.6) is 5.88 Å².